The number of fused-ring (bicyclic) bond motifs is 11. The van der Waals surface area contributed by atoms with Crippen molar-refractivity contribution in [3.8, 4) is 32.7 Å². The molecule has 0 bridgehead atoms. The standard InChI is InChI=1S/C56H47BN2OS/c1-30-21-32(3)49(33(4)22-30)36-13-12-14-39(25-36)58-46-26-37(50-34(5)23-31(2)24-35(50)6)17-19-44(46)57-52-47(58)29-61-55(52)43-28-41-40-15-10-11-16-48(40)60-54(41)51-42-27-38(56(7,8)9)18-20-45(42)59(57)53(43)51/h10-29H,1-9H3. The predicted octanol–water partition coefficient (Wildman–Crippen LogP) is 14.7. The largest absolute Gasteiger partial charge is 0.455 e. The van der Waals surface area contributed by atoms with Gasteiger partial charge in [0.25, 0.3) is 0 Å². The Morgan fingerprint density at radius 1 is 0.607 bits per heavy atom. The van der Waals surface area contributed by atoms with Gasteiger partial charge in [-0.15, -0.1) is 11.3 Å². The molecule has 0 atom stereocenters. The first-order valence-electron chi connectivity index (χ1n) is 21.6. The van der Waals surface area contributed by atoms with Gasteiger partial charge < -0.3 is 13.8 Å². The molecule has 3 nitrogen and oxygen atoms in total. The van der Waals surface area contributed by atoms with Crippen molar-refractivity contribution in [2.75, 3.05) is 4.90 Å². The Balaban J connectivity index is 1.19. The molecule has 0 amide bonds. The summed E-state index contributed by atoms with van der Waals surface area (Å²) in [6.45, 7) is 20.3. The van der Waals surface area contributed by atoms with Crippen molar-refractivity contribution in [1.82, 2.24) is 4.48 Å². The number of furan rings is 1. The topological polar surface area (TPSA) is 21.3 Å². The molecule has 0 saturated carbocycles. The van der Waals surface area contributed by atoms with Gasteiger partial charge in [0.1, 0.15) is 11.2 Å². The lowest BCUT2D eigenvalue weighted by atomic mass is 9.46. The fraction of sp³-hybridized carbons (Fsp3) is 0.179. The van der Waals surface area contributed by atoms with E-state index in [9.17, 15) is 0 Å². The summed E-state index contributed by atoms with van der Waals surface area (Å²) in [4.78, 5) is 3.92. The average Bonchev–Trinajstić information content (AvgIpc) is 3.91. The molecular formula is C56H47BN2OS. The first-order chi connectivity index (χ1) is 29.4. The fourth-order valence-electron chi connectivity index (χ4n) is 11.4. The number of aromatic nitrogens is 1. The Kier molecular flexibility index (Phi) is 7.56. The van der Waals surface area contributed by atoms with Gasteiger partial charge in [-0.2, -0.15) is 0 Å². The van der Waals surface area contributed by atoms with Crippen LogP contribution in [0, 0.1) is 41.5 Å². The van der Waals surface area contributed by atoms with Gasteiger partial charge in [0.2, 0.25) is 0 Å². The molecule has 7 aromatic carbocycles. The van der Waals surface area contributed by atoms with Crippen LogP contribution in [0.25, 0.3) is 76.4 Å². The molecule has 0 saturated heterocycles. The van der Waals surface area contributed by atoms with Gasteiger partial charge in [0.05, 0.1) is 16.6 Å². The smallest absolute Gasteiger partial charge is 0.333 e. The second-order valence-corrected chi connectivity index (χ2v) is 19.8. The molecule has 2 aliphatic rings. The Labute approximate surface area is 362 Å². The maximum Gasteiger partial charge on any atom is 0.333 e. The Morgan fingerprint density at radius 3 is 2.00 bits per heavy atom. The Bertz CT molecular complexity index is 3510. The van der Waals surface area contributed by atoms with Crippen molar-refractivity contribution in [3.05, 3.63) is 160 Å². The number of anilines is 3. The van der Waals surface area contributed by atoms with E-state index in [1.807, 2.05) is 11.3 Å². The van der Waals surface area contributed by atoms with Crippen LogP contribution >= 0.6 is 11.3 Å². The third kappa shape index (κ3) is 5.10. The van der Waals surface area contributed by atoms with Crippen LogP contribution in [0.4, 0.5) is 17.1 Å². The van der Waals surface area contributed by atoms with Crippen LogP contribution in [0.3, 0.4) is 0 Å². The molecule has 61 heavy (non-hydrogen) atoms. The van der Waals surface area contributed by atoms with E-state index in [-0.39, 0.29) is 12.3 Å². The summed E-state index contributed by atoms with van der Waals surface area (Å²) in [6.07, 6.45) is 0. The van der Waals surface area contributed by atoms with Crippen LogP contribution in [0.15, 0.2) is 125 Å². The number of hydrogen-bond acceptors (Lipinski definition) is 3. The molecule has 0 spiro atoms. The number of para-hydroxylation sites is 1. The molecule has 0 radical (unpaired) electrons. The van der Waals surface area contributed by atoms with E-state index in [1.54, 1.807) is 0 Å². The highest BCUT2D eigenvalue weighted by atomic mass is 32.1. The van der Waals surface area contributed by atoms with E-state index in [4.69, 9.17) is 4.42 Å². The van der Waals surface area contributed by atoms with Crippen molar-refractivity contribution >= 4 is 89.9 Å². The molecule has 0 N–H and O–H groups in total. The van der Waals surface area contributed by atoms with Crippen LogP contribution in [0.2, 0.25) is 0 Å². The molecule has 2 aliphatic heterocycles. The average molecular weight is 807 g/mol. The third-order valence-electron chi connectivity index (χ3n) is 13.7. The zero-order valence-electron chi connectivity index (χ0n) is 36.3. The van der Waals surface area contributed by atoms with Crippen molar-refractivity contribution in [3.63, 3.8) is 0 Å². The quantitative estimate of drug-likeness (QED) is 0.166. The summed E-state index contributed by atoms with van der Waals surface area (Å²) in [5, 5.41) is 7.25. The lowest BCUT2D eigenvalue weighted by Crippen LogP contribution is -2.55. The molecule has 0 unspecified atom stereocenters. The van der Waals surface area contributed by atoms with E-state index in [0.29, 0.717) is 0 Å². The van der Waals surface area contributed by atoms with E-state index >= 15 is 0 Å². The molecule has 10 aromatic rings. The van der Waals surface area contributed by atoms with Crippen LogP contribution in [-0.2, 0) is 5.41 Å². The minimum absolute atomic E-state index is 0.00998. The fourth-order valence-corrected chi connectivity index (χ4v) is 12.4. The van der Waals surface area contributed by atoms with Crippen LogP contribution < -0.4 is 15.8 Å². The van der Waals surface area contributed by atoms with Gasteiger partial charge in [0, 0.05) is 48.9 Å². The summed E-state index contributed by atoms with van der Waals surface area (Å²) >= 11 is 1.89. The number of rotatable bonds is 3. The van der Waals surface area contributed by atoms with Gasteiger partial charge >= 0.3 is 6.85 Å². The number of aryl methyl sites for hydroxylation is 6. The van der Waals surface area contributed by atoms with Gasteiger partial charge in [-0.3, -0.25) is 0 Å². The van der Waals surface area contributed by atoms with Gasteiger partial charge in [-0.05, 0) is 150 Å². The van der Waals surface area contributed by atoms with E-state index < -0.39 is 0 Å². The maximum atomic E-state index is 6.90. The van der Waals surface area contributed by atoms with E-state index in [1.165, 1.54) is 127 Å². The zero-order chi connectivity index (χ0) is 41.8. The zero-order valence-corrected chi connectivity index (χ0v) is 37.2. The summed E-state index contributed by atoms with van der Waals surface area (Å²) in [5.41, 5.74) is 26.3. The minimum Gasteiger partial charge on any atom is -0.455 e. The number of nitrogens with zero attached hydrogens (tertiary/aromatic N) is 2. The van der Waals surface area contributed by atoms with Crippen LogP contribution in [0.5, 0.6) is 0 Å². The predicted molar refractivity (Wildman–Crippen MR) is 263 cm³/mol. The van der Waals surface area contributed by atoms with Gasteiger partial charge in [0.15, 0.2) is 0 Å². The maximum absolute atomic E-state index is 6.90. The lowest BCUT2D eigenvalue weighted by Gasteiger charge is -2.38. The van der Waals surface area contributed by atoms with E-state index in [2.05, 4.69) is 192 Å². The van der Waals surface area contributed by atoms with E-state index in [0.717, 1.165) is 16.6 Å². The molecule has 5 heteroatoms. The molecule has 0 fully saturated rings. The second kappa shape index (κ2) is 12.6. The summed E-state index contributed by atoms with van der Waals surface area (Å²) < 4.78 is 9.58. The molecule has 12 rings (SSSR count). The number of benzene rings is 7. The summed E-state index contributed by atoms with van der Waals surface area (Å²) in [5.74, 6) is 0. The SMILES string of the molecule is Cc1cc(C)c(-c2cccc(N3c4cc(-c5c(C)cc(C)cc5C)ccc4B4c5c3csc5-c3cc5c6ccccc6oc5c5c6cc(C(C)(C)C)ccc6n4c35)c2)c(C)c1. The van der Waals surface area contributed by atoms with Crippen LogP contribution in [0.1, 0.15) is 59.7 Å². The summed E-state index contributed by atoms with van der Waals surface area (Å²) in [6, 6.07) is 44.0. The second-order valence-electron chi connectivity index (χ2n) is 18.9. The first kappa shape index (κ1) is 36.5. The molecule has 3 aromatic heterocycles. The van der Waals surface area contributed by atoms with Gasteiger partial charge in [-0.25, -0.2) is 0 Å². The van der Waals surface area contributed by atoms with Crippen LogP contribution in [-0.4, -0.2) is 11.3 Å². The first-order valence-corrected chi connectivity index (χ1v) is 22.5. The third-order valence-corrected chi connectivity index (χ3v) is 14.7. The highest BCUT2D eigenvalue weighted by Gasteiger charge is 2.44. The Morgan fingerprint density at radius 2 is 1.30 bits per heavy atom. The Hall–Kier alpha value is -6.30. The minimum atomic E-state index is -0.0312. The normalized spacial score (nSPS) is 13.3. The van der Waals surface area contributed by atoms with Crippen molar-refractivity contribution in [2.45, 2.75) is 67.7 Å². The lowest BCUT2D eigenvalue weighted by molar-refractivity contribution is 0.591. The monoisotopic (exact) mass is 806 g/mol. The van der Waals surface area contributed by atoms with Gasteiger partial charge in [-0.1, -0.05) is 105 Å². The van der Waals surface area contributed by atoms with Crippen molar-refractivity contribution < 1.29 is 4.42 Å². The highest BCUT2D eigenvalue weighted by molar-refractivity contribution is 7.17. The molecule has 296 valence electrons. The van der Waals surface area contributed by atoms with Crippen molar-refractivity contribution in [1.29, 1.82) is 0 Å². The number of thiophene rings is 1. The number of hydrogen-bond donors (Lipinski definition) is 0. The van der Waals surface area contributed by atoms with Crippen molar-refractivity contribution in [2.24, 2.45) is 0 Å². The summed E-state index contributed by atoms with van der Waals surface area (Å²) in [7, 11) is 0. The molecule has 5 heterocycles. The molecule has 0 aliphatic carbocycles. The molecular weight excluding hydrogens is 760 g/mol. The highest BCUT2D eigenvalue weighted by Crippen LogP contribution is 2.52.